The number of halogens is 1. The summed E-state index contributed by atoms with van der Waals surface area (Å²) in [6.07, 6.45) is 4.97. The van der Waals surface area contributed by atoms with Gasteiger partial charge in [-0.1, -0.05) is 18.2 Å². The molecule has 0 aromatic heterocycles. The van der Waals surface area contributed by atoms with E-state index in [1.54, 1.807) is 18.2 Å². The van der Waals surface area contributed by atoms with Crippen LogP contribution in [0, 0.1) is 0 Å². The third-order valence-electron chi connectivity index (χ3n) is 2.48. The molecule has 0 bridgehead atoms. The minimum Gasteiger partial charge on any atom is -0.423 e. The molecule has 1 aliphatic carbocycles. The van der Waals surface area contributed by atoms with E-state index in [2.05, 4.69) is 5.73 Å². The summed E-state index contributed by atoms with van der Waals surface area (Å²) >= 11 is 0. The maximum Gasteiger partial charge on any atom is 0.440 e. The first-order valence-electron chi connectivity index (χ1n) is 4.87. The highest BCUT2D eigenvalue weighted by Gasteiger charge is 2.29. The molecular weight excluding hydrogens is 226 g/mol. The second-order valence-electron chi connectivity index (χ2n) is 3.45. The van der Waals surface area contributed by atoms with Crippen LogP contribution in [0.5, 0.6) is 5.75 Å². The third kappa shape index (κ3) is 1.60. The number of allylic oxidation sites excluding steroid dienone is 1. The second-order valence-corrected chi connectivity index (χ2v) is 4.27. The van der Waals surface area contributed by atoms with Crippen LogP contribution >= 0.6 is 8.69 Å². The Morgan fingerprint density at radius 3 is 3.12 bits per heavy atom. The van der Waals surface area contributed by atoms with E-state index in [1.165, 1.54) is 0 Å². The molecule has 1 aromatic rings. The summed E-state index contributed by atoms with van der Waals surface area (Å²) < 4.78 is 23.7. The molecule has 2 aliphatic rings. The van der Waals surface area contributed by atoms with Gasteiger partial charge in [0.1, 0.15) is 11.9 Å². The number of para-hydroxylation sites is 1. The number of rotatable bonds is 0. The minimum absolute atomic E-state index is 0.398. The highest BCUT2D eigenvalue weighted by atomic mass is 31.2. The van der Waals surface area contributed by atoms with Gasteiger partial charge in [-0.2, -0.15) is 0 Å². The lowest BCUT2D eigenvalue weighted by atomic mass is 9.97. The lowest BCUT2D eigenvalue weighted by Gasteiger charge is -2.14. The van der Waals surface area contributed by atoms with Gasteiger partial charge in [-0.3, -0.25) is 4.52 Å². The largest absolute Gasteiger partial charge is 0.440 e. The van der Waals surface area contributed by atoms with Crippen molar-refractivity contribution in [1.82, 2.24) is 0 Å². The van der Waals surface area contributed by atoms with E-state index in [4.69, 9.17) is 9.05 Å². The molecule has 0 spiro atoms. The summed E-state index contributed by atoms with van der Waals surface area (Å²) in [7, 11) is -2.37. The standard InChI is InChI=1S/C12H8FO2P/c13-16-14-11-7-3-1-5-9(11)10-6-2-4-8-12(10)15-16/h1-3,5-8,12H. The normalized spacial score (nSPS) is 26.2. The summed E-state index contributed by atoms with van der Waals surface area (Å²) in [5, 5.41) is 0. The van der Waals surface area contributed by atoms with Gasteiger partial charge in [0.15, 0.2) is 0 Å². The predicted molar refractivity (Wildman–Crippen MR) is 60.6 cm³/mol. The van der Waals surface area contributed by atoms with Gasteiger partial charge in [-0.15, -0.1) is 9.93 Å². The second kappa shape index (κ2) is 3.88. The van der Waals surface area contributed by atoms with Crippen LogP contribution in [0.4, 0.5) is 4.20 Å². The quantitative estimate of drug-likeness (QED) is 0.502. The maximum atomic E-state index is 13.4. The summed E-state index contributed by atoms with van der Waals surface area (Å²) in [6.45, 7) is 0. The zero-order valence-electron chi connectivity index (χ0n) is 8.26. The van der Waals surface area contributed by atoms with Crippen molar-refractivity contribution in [3.8, 4) is 5.75 Å². The van der Waals surface area contributed by atoms with Crippen molar-refractivity contribution in [2.24, 2.45) is 0 Å². The lowest BCUT2D eigenvalue weighted by Crippen LogP contribution is -2.08. The first-order valence-corrected chi connectivity index (χ1v) is 5.94. The molecule has 1 aromatic carbocycles. The first kappa shape index (κ1) is 9.80. The monoisotopic (exact) mass is 234 g/mol. The summed E-state index contributed by atoms with van der Waals surface area (Å²) in [6, 6.07) is 7.36. The van der Waals surface area contributed by atoms with E-state index in [9.17, 15) is 4.20 Å². The SMILES string of the molecule is FP1Oc2ccccc2C2=CC=C=CC2O1. The predicted octanol–water partition coefficient (Wildman–Crippen LogP) is 3.77. The molecule has 0 saturated heterocycles. The van der Waals surface area contributed by atoms with E-state index < -0.39 is 14.8 Å². The molecule has 1 aliphatic heterocycles. The fourth-order valence-electron chi connectivity index (χ4n) is 1.77. The van der Waals surface area contributed by atoms with Crippen molar-refractivity contribution in [2.75, 3.05) is 0 Å². The van der Waals surface area contributed by atoms with E-state index in [-0.39, 0.29) is 0 Å². The highest BCUT2D eigenvalue weighted by Crippen LogP contribution is 2.50. The minimum atomic E-state index is -2.37. The molecule has 1 heterocycles. The van der Waals surface area contributed by atoms with E-state index in [0.717, 1.165) is 11.1 Å². The molecule has 2 unspecified atom stereocenters. The van der Waals surface area contributed by atoms with Crippen LogP contribution in [0.1, 0.15) is 5.56 Å². The van der Waals surface area contributed by atoms with Crippen molar-refractivity contribution in [1.29, 1.82) is 0 Å². The Hall–Kier alpha value is -1.40. The van der Waals surface area contributed by atoms with Crippen molar-refractivity contribution < 1.29 is 13.2 Å². The topological polar surface area (TPSA) is 18.5 Å². The first-order chi connectivity index (χ1) is 7.84. The third-order valence-corrected chi connectivity index (χ3v) is 3.21. The Balaban J connectivity index is 2.17. The van der Waals surface area contributed by atoms with E-state index >= 15 is 0 Å². The highest BCUT2D eigenvalue weighted by molar-refractivity contribution is 7.41. The molecule has 4 heteroatoms. The molecule has 2 atom stereocenters. The van der Waals surface area contributed by atoms with Gasteiger partial charge in [-0.05, 0) is 29.9 Å². The maximum absolute atomic E-state index is 13.4. The van der Waals surface area contributed by atoms with Gasteiger partial charge in [0.25, 0.3) is 0 Å². The van der Waals surface area contributed by atoms with Crippen LogP contribution in [0.25, 0.3) is 5.57 Å². The van der Waals surface area contributed by atoms with Crippen molar-refractivity contribution >= 4 is 14.3 Å². The number of hydrogen-bond acceptors (Lipinski definition) is 2. The smallest absolute Gasteiger partial charge is 0.423 e. The van der Waals surface area contributed by atoms with Gasteiger partial charge in [0.2, 0.25) is 0 Å². The van der Waals surface area contributed by atoms with Gasteiger partial charge < -0.3 is 4.52 Å². The molecule has 80 valence electrons. The zero-order valence-corrected chi connectivity index (χ0v) is 9.15. The molecule has 2 nitrogen and oxygen atoms in total. The number of hydrogen-bond donors (Lipinski definition) is 0. The molecule has 3 rings (SSSR count). The fourth-order valence-corrected chi connectivity index (χ4v) is 2.48. The number of benzene rings is 1. The molecule has 0 fully saturated rings. The molecule has 16 heavy (non-hydrogen) atoms. The van der Waals surface area contributed by atoms with Gasteiger partial charge in [-0.25, -0.2) is 0 Å². The molecule has 0 N–H and O–H groups in total. The molecular formula is C12H8FO2P. The summed E-state index contributed by atoms with van der Waals surface area (Å²) in [5.41, 5.74) is 4.69. The van der Waals surface area contributed by atoms with Gasteiger partial charge in [0.05, 0.1) is 0 Å². The van der Waals surface area contributed by atoms with Crippen molar-refractivity contribution in [3.05, 3.63) is 53.8 Å². The average molecular weight is 234 g/mol. The fraction of sp³-hybridized carbons (Fsp3) is 0.0833. The lowest BCUT2D eigenvalue weighted by molar-refractivity contribution is 0.283. The van der Waals surface area contributed by atoms with E-state index in [1.807, 2.05) is 24.3 Å². The molecule has 0 radical (unpaired) electrons. The van der Waals surface area contributed by atoms with E-state index in [0.29, 0.717) is 5.75 Å². The Morgan fingerprint density at radius 1 is 1.31 bits per heavy atom. The van der Waals surface area contributed by atoms with Crippen molar-refractivity contribution in [3.63, 3.8) is 0 Å². The van der Waals surface area contributed by atoms with Crippen LogP contribution in [0.2, 0.25) is 0 Å². The van der Waals surface area contributed by atoms with Crippen LogP contribution in [0.3, 0.4) is 0 Å². The van der Waals surface area contributed by atoms with Crippen LogP contribution in [0.15, 0.2) is 48.2 Å². The summed E-state index contributed by atoms with van der Waals surface area (Å²) in [5.74, 6) is 0.536. The van der Waals surface area contributed by atoms with Crippen LogP contribution in [-0.4, -0.2) is 6.10 Å². The van der Waals surface area contributed by atoms with Crippen LogP contribution in [-0.2, 0) is 4.52 Å². The zero-order chi connectivity index (χ0) is 11.0. The Morgan fingerprint density at radius 2 is 2.19 bits per heavy atom. The van der Waals surface area contributed by atoms with Crippen LogP contribution < -0.4 is 4.52 Å². The van der Waals surface area contributed by atoms with Gasteiger partial charge in [0, 0.05) is 5.56 Å². The molecule has 0 amide bonds. The Labute approximate surface area is 93.7 Å². The molecule has 0 saturated carbocycles. The summed E-state index contributed by atoms with van der Waals surface area (Å²) in [4.78, 5) is 0. The van der Waals surface area contributed by atoms with Gasteiger partial charge >= 0.3 is 8.69 Å². The Kier molecular flexibility index (Phi) is 2.37. The van der Waals surface area contributed by atoms with Crippen molar-refractivity contribution in [2.45, 2.75) is 6.10 Å². The number of fused-ring (bicyclic) bond motifs is 3. The Bertz CT molecular complexity index is 518. The average Bonchev–Trinajstić information content (AvgIpc) is 2.44.